The third kappa shape index (κ3) is 3.58. The molecule has 110 valence electrons. The molecule has 0 bridgehead atoms. The Hall–Kier alpha value is -2.95. The van der Waals surface area contributed by atoms with Gasteiger partial charge in [0.2, 0.25) is 0 Å². The number of rotatable bonds is 5. The molecule has 0 unspecified atom stereocenters. The topological polar surface area (TPSA) is 59.8 Å². The maximum Gasteiger partial charge on any atom is 0.251 e. The summed E-state index contributed by atoms with van der Waals surface area (Å²) in [5.41, 5.74) is 2.58. The van der Waals surface area contributed by atoms with E-state index in [1.807, 2.05) is 59.4 Å². The molecule has 5 heteroatoms. The quantitative estimate of drug-likeness (QED) is 0.784. The number of nitrogens with one attached hydrogen (secondary N) is 1. The van der Waals surface area contributed by atoms with Crippen LogP contribution in [0, 0.1) is 0 Å². The van der Waals surface area contributed by atoms with Gasteiger partial charge in [0, 0.05) is 24.2 Å². The van der Waals surface area contributed by atoms with Crippen molar-refractivity contribution in [3.8, 4) is 0 Å². The van der Waals surface area contributed by atoms with Crippen molar-refractivity contribution in [1.29, 1.82) is 0 Å². The lowest BCUT2D eigenvalue weighted by atomic mass is 10.1. The van der Waals surface area contributed by atoms with Gasteiger partial charge in [-0.2, -0.15) is 5.10 Å². The van der Waals surface area contributed by atoms with Gasteiger partial charge in [0.15, 0.2) is 0 Å². The smallest absolute Gasteiger partial charge is 0.251 e. The van der Waals surface area contributed by atoms with Crippen LogP contribution in [-0.2, 0) is 13.1 Å². The molecule has 5 nitrogen and oxygen atoms in total. The van der Waals surface area contributed by atoms with Crippen LogP contribution in [0.2, 0.25) is 0 Å². The van der Waals surface area contributed by atoms with Crippen molar-refractivity contribution < 1.29 is 4.79 Å². The van der Waals surface area contributed by atoms with Crippen LogP contribution in [0.5, 0.6) is 0 Å². The van der Waals surface area contributed by atoms with Crippen molar-refractivity contribution >= 4 is 5.91 Å². The summed E-state index contributed by atoms with van der Waals surface area (Å²) in [5, 5.41) is 7.02. The van der Waals surface area contributed by atoms with Gasteiger partial charge in [-0.3, -0.25) is 14.5 Å². The van der Waals surface area contributed by atoms with E-state index in [0.29, 0.717) is 18.7 Å². The zero-order valence-electron chi connectivity index (χ0n) is 12.0. The average Bonchev–Trinajstić information content (AvgIpc) is 3.07. The molecule has 0 saturated carbocycles. The Bertz CT molecular complexity index is 721. The molecule has 0 atom stereocenters. The number of aromatic nitrogens is 3. The first-order valence-electron chi connectivity index (χ1n) is 7.06. The number of carbonyl (C=O) groups excluding carboxylic acids is 1. The number of hydrogen-bond donors (Lipinski definition) is 1. The van der Waals surface area contributed by atoms with Crippen LogP contribution >= 0.6 is 0 Å². The summed E-state index contributed by atoms with van der Waals surface area (Å²) in [5.74, 6) is -0.101. The van der Waals surface area contributed by atoms with Crippen LogP contribution in [0.4, 0.5) is 0 Å². The summed E-state index contributed by atoms with van der Waals surface area (Å²) in [6, 6.07) is 15.1. The molecule has 3 rings (SSSR count). The molecule has 0 fully saturated rings. The Morgan fingerprint density at radius 1 is 1.05 bits per heavy atom. The maximum atomic E-state index is 12.1. The molecule has 22 heavy (non-hydrogen) atoms. The Morgan fingerprint density at radius 3 is 2.59 bits per heavy atom. The van der Waals surface area contributed by atoms with E-state index in [0.717, 1.165) is 11.3 Å². The summed E-state index contributed by atoms with van der Waals surface area (Å²) in [6.07, 6.45) is 5.37. The van der Waals surface area contributed by atoms with Gasteiger partial charge in [-0.1, -0.05) is 18.2 Å². The fourth-order valence-electron chi connectivity index (χ4n) is 2.12. The standard InChI is InChI=1S/C17H16N4O/c22-17(19-12-16-4-1-2-9-18-16)15-7-5-14(6-8-15)13-21-11-3-10-20-21/h1-11H,12-13H2,(H,19,22). The van der Waals surface area contributed by atoms with E-state index in [1.165, 1.54) is 0 Å². The highest BCUT2D eigenvalue weighted by molar-refractivity contribution is 5.94. The first-order chi connectivity index (χ1) is 10.8. The third-order valence-electron chi connectivity index (χ3n) is 3.28. The highest BCUT2D eigenvalue weighted by Gasteiger charge is 2.05. The first kappa shape index (κ1) is 14.0. The van der Waals surface area contributed by atoms with Crippen LogP contribution in [0.1, 0.15) is 21.6 Å². The van der Waals surface area contributed by atoms with Gasteiger partial charge < -0.3 is 5.32 Å². The monoisotopic (exact) mass is 292 g/mol. The Labute approximate surface area is 128 Å². The summed E-state index contributed by atoms with van der Waals surface area (Å²) in [7, 11) is 0. The highest BCUT2D eigenvalue weighted by atomic mass is 16.1. The van der Waals surface area contributed by atoms with Crippen molar-refractivity contribution in [3.05, 3.63) is 83.9 Å². The molecule has 0 aliphatic rings. The molecule has 2 aromatic heterocycles. The normalized spacial score (nSPS) is 10.4. The first-order valence-corrected chi connectivity index (χ1v) is 7.06. The number of nitrogens with zero attached hydrogens (tertiary/aromatic N) is 3. The Morgan fingerprint density at radius 2 is 1.91 bits per heavy atom. The zero-order valence-corrected chi connectivity index (χ0v) is 12.0. The predicted molar refractivity (Wildman–Crippen MR) is 83.2 cm³/mol. The van der Waals surface area contributed by atoms with Gasteiger partial charge in [-0.25, -0.2) is 0 Å². The number of carbonyl (C=O) groups is 1. The Kier molecular flexibility index (Phi) is 4.25. The SMILES string of the molecule is O=C(NCc1ccccn1)c1ccc(Cn2cccn2)cc1. The second-order valence-corrected chi connectivity index (χ2v) is 4.90. The third-order valence-corrected chi connectivity index (χ3v) is 3.28. The van der Waals surface area contributed by atoms with E-state index in [2.05, 4.69) is 15.4 Å². The van der Waals surface area contributed by atoms with Gasteiger partial charge in [0.25, 0.3) is 5.91 Å². The van der Waals surface area contributed by atoms with E-state index < -0.39 is 0 Å². The van der Waals surface area contributed by atoms with Gasteiger partial charge in [0.05, 0.1) is 18.8 Å². The van der Waals surface area contributed by atoms with E-state index >= 15 is 0 Å². The van der Waals surface area contributed by atoms with Crippen molar-refractivity contribution in [1.82, 2.24) is 20.1 Å². The lowest BCUT2D eigenvalue weighted by Gasteiger charge is -2.06. The van der Waals surface area contributed by atoms with Crippen LogP contribution in [0.15, 0.2) is 67.1 Å². The lowest BCUT2D eigenvalue weighted by Crippen LogP contribution is -2.23. The predicted octanol–water partition coefficient (Wildman–Crippen LogP) is 2.26. The molecular weight excluding hydrogens is 276 g/mol. The molecule has 0 aliphatic heterocycles. The number of hydrogen-bond acceptors (Lipinski definition) is 3. The van der Waals surface area contributed by atoms with Crippen LogP contribution < -0.4 is 5.32 Å². The second kappa shape index (κ2) is 6.67. The van der Waals surface area contributed by atoms with Crippen LogP contribution in [-0.4, -0.2) is 20.7 Å². The summed E-state index contributed by atoms with van der Waals surface area (Å²) < 4.78 is 1.84. The molecular formula is C17H16N4O. The molecule has 2 heterocycles. The van der Waals surface area contributed by atoms with Crippen molar-refractivity contribution in [2.45, 2.75) is 13.1 Å². The minimum absolute atomic E-state index is 0.101. The van der Waals surface area contributed by atoms with Gasteiger partial charge in [-0.05, 0) is 35.9 Å². The zero-order chi connectivity index (χ0) is 15.2. The number of benzene rings is 1. The summed E-state index contributed by atoms with van der Waals surface area (Å²) >= 11 is 0. The van der Waals surface area contributed by atoms with Gasteiger partial charge >= 0.3 is 0 Å². The number of pyridine rings is 1. The minimum Gasteiger partial charge on any atom is -0.346 e. The summed E-state index contributed by atoms with van der Waals surface area (Å²) in [6.45, 7) is 1.12. The van der Waals surface area contributed by atoms with Crippen molar-refractivity contribution in [3.63, 3.8) is 0 Å². The molecule has 0 spiro atoms. The van der Waals surface area contributed by atoms with Crippen LogP contribution in [0.25, 0.3) is 0 Å². The highest BCUT2D eigenvalue weighted by Crippen LogP contribution is 2.06. The molecule has 0 aliphatic carbocycles. The average molecular weight is 292 g/mol. The van der Waals surface area contributed by atoms with Crippen molar-refractivity contribution in [2.75, 3.05) is 0 Å². The fourth-order valence-corrected chi connectivity index (χ4v) is 2.12. The van der Waals surface area contributed by atoms with Crippen molar-refractivity contribution in [2.24, 2.45) is 0 Å². The van der Waals surface area contributed by atoms with E-state index in [9.17, 15) is 4.79 Å². The lowest BCUT2D eigenvalue weighted by molar-refractivity contribution is 0.0950. The molecule has 0 saturated heterocycles. The van der Waals surface area contributed by atoms with Gasteiger partial charge in [0.1, 0.15) is 0 Å². The molecule has 1 N–H and O–H groups in total. The molecule has 0 radical (unpaired) electrons. The summed E-state index contributed by atoms with van der Waals surface area (Å²) in [4.78, 5) is 16.3. The minimum atomic E-state index is -0.101. The van der Waals surface area contributed by atoms with E-state index in [4.69, 9.17) is 0 Å². The second-order valence-electron chi connectivity index (χ2n) is 4.90. The number of amides is 1. The fraction of sp³-hybridized carbons (Fsp3) is 0.118. The molecule has 1 amide bonds. The maximum absolute atomic E-state index is 12.1. The van der Waals surface area contributed by atoms with Crippen LogP contribution in [0.3, 0.4) is 0 Å². The Balaban J connectivity index is 1.59. The van der Waals surface area contributed by atoms with E-state index in [1.54, 1.807) is 12.4 Å². The van der Waals surface area contributed by atoms with E-state index in [-0.39, 0.29) is 5.91 Å². The van der Waals surface area contributed by atoms with Gasteiger partial charge in [-0.15, -0.1) is 0 Å². The molecule has 1 aromatic carbocycles. The largest absolute Gasteiger partial charge is 0.346 e. The molecule has 3 aromatic rings.